The summed E-state index contributed by atoms with van der Waals surface area (Å²) >= 11 is 6.12. The molecule has 1 unspecified atom stereocenters. The number of nitrogens with two attached hydrogens (primary N) is 1. The average molecular weight is 213 g/mol. The first-order valence-corrected chi connectivity index (χ1v) is 5.20. The largest absolute Gasteiger partial charge is 0.375 e. The Bertz CT molecular complexity index is 310. The zero-order chi connectivity index (χ0) is 10.7. The molecule has 0 heterocycles. The quantitative estimate of drug-likeness (QED) is 0.835. The van der Waals surface area contributed by atoms with Gasteiger partial charge in [-0.15, -0.1) is 0 Å². The highest BCUT2D eigenvalue weighted by Gasteiger charge is 2.07. The Balaban J connectivity index is 3.00. The van der Waals surface area contributed by atoms with Crippen LogP contribution >= 0.6 is 11.6 Å². The molecule has 0 aromatic heterocycles. The van der Waals surface area contributed by atoms with Gasteiger partial charge in [0.1, 0.15) is 0 Å². The topological polar surface area (TPSA) is 29.3 Å². The molecular weight excluding hydrogens is 196 g/mol. The van der Waals surface area contributed by atoms with E-state index in [1.165, 1.54) is 0 Å². The molecule has 0 saturated heterocycles. The number of benzene rings is 1. The van der Waals surface area contributed by atoms with Crippen molar-refractivity contribution in [1.82, 2.24) is 0 Å². The number of hydrogen-bond acceptors (Lipinski definition) is 2. The van der Waals surface area contributed by atoms with Crippen LogP contribution in [-0.2, 0) is 0 Å². The maximum absolute atomic E-state index is 6.12. The van der Waals surface area contributed by atoms with E-state index in [4.69, 9.17) is 17.3 Å². The lowest BCUT2D eigenvalue weighted by atomic mass is 10.1. The molecule has 0 fully saturated rings. The van der Waals surface area contributed by atoms with E-state index >= 15 is 0 Å². The van der Waals surface area contributed by atoms with Gasteiger partial charge in [0, 0.05) is 30.3 Å². The van der Waals surface area contributed by atoms with Crippen LogP contribution in [0.15, 0.2) is 18.2 Å². The molecule has 78 valence electrons. The second kappa shape index (κ2) is 4.67. The second-order valence-corrected chi connectivity index (χ2v) is 3.92. The van der Waals surface area contributed by atoms with Crippen LogP contribution in [0.2, 0.25) is 5.02 Å². The van der Waals surface area contributed by atoms with E-state index in [9.17, 15) is 0 Å². The summed E-state index contributed by atoms with van der Waals surface area (Å²) in [5, 5.41) is 0.748. The third kappa shape index (κ3) is 2.40. The lowest BCUT2D eigenvalue weighted by Crippen LogP contribution is -2.16. The second-order valence-electron chi connectivity index (χ2n) is 3.51. The molecule has 2 nitrogen and oxygen atoms in total. The van der Waals surface area contributed by atoms with Crippen molar-refractivity contribution in [2.45, 2.75) is 19.9 Å². The zero-order valence-electron chi connectivity index (χ0n) is 8.92. The normalized spacial score (nSPS) is 12.6. The van der Waals surface area contributed by atoms with E-state index in [2.05, 4.69) is 11.8 Å². The van der Waals surface area contributed by atoms with Crippen LogP contribution in [-0.4, -0.2) is 13.6 Å². The van der Waals surface area contributed by atoms with Crippen molar-refractivity contribution in [3.63, 3.8) is 0 Å². The fraction of sp³-hybridized carbons (Fsp3) is 0.455. The van der Waals surface area contributed by atoms with Crippen molar-refractivity contribution in [2.24, 2.45) is 5.73 Å². The Labute approximate surface area is 90.7 Å². The standard InChI is InChI=1S/C11H17ClN2/c1-4-14(3)9-5-6-10(8(2)13)11(12)7-9/h5-8H,4,13H2,1-3H3. The monoisotopic (exact) mass is 212 g/mol. The summed E-state index contributed by atoms with van der Waals surface area (Å²) in [6, 6.07) is 6.00. The number of hydrogen-bond donors (Lipinski definition) is 1. The molecule has 0 aliphatic heterocycles. The van der Waals surface area contributed by atoms with E-state index in [-0.39, 0.29) is 6.04 Å². The van der Waals surface area contributed by atoms with Crippen molar-refractivity contribution >= 4 is 17.3 Å². The minimum atomic E-state index is -0.0107. The van der Waals surface area contributed by atoms with Gasteiger partial charge < -0.3 is 10.6 Å². The van der Waals surface area contributed by atoms with Gasteiger partial charge in [-0.25, -0.2) is 0 Å². The minimum Gasteiger partial charge on any atom is -0.375 e. The number of rotatable bonds is 3. The number of anilines is 1. The molecule has 0 saturated carbocycles. The van der Waals surface area contributed by atoms with E-state index in [1.54, 1.807) is 0 Å². The summed E-state index contributed by atoms with van der Waals surface area (Å²) in [6.45, 7) is 5.01. The first kappa shape index (κ1) is 11.3. The summed E-state index contributed by atoms with van der Waals surface area (Å²) in [5.74, 6) is 0. The Morgan fingerprint density at radius 3 is 2.57 bits per heavy atom. The maximum atomic E-state index is 6.12. The molecule has 1 aromatic carbocycles. The van der Waals surface area contributed by atoms with Crippen LogP contribution in [0.1, 0.15) is 25.5 Å². The summed E-state index contributed by atoms with van der Waals surface area (Å²) in [7, 11) is 2.04. The molecule has 1 rings (SSSR count). The summed E-state index contributed by atoms with van der Waals surface area (Å²) < 4.78 is 0. The Morgan fingerprint density at radius 1 is 1.50 bits per heavy atom. The van der Waals surface area contributed by atoms with Gasteiger partial charge in [0.05, 0.1) is 0 Å². The summed E-state index contributed by atoms with van der Waals surface area (Å²) in [4.78, 5) is 2.14. The first-order chi connectivity index (χ1) is 6.56. The molecule has 1 atom stereocenters. The molecule has 0 aliphatic carbocycles. The maximum Gasteiger partial charge on any atom is 0.0474 e. The predicted octanol–water partition coefficient (Wildman–Crippen LogP) is 2.82. The van der Waals surface area contributed by atoms with Gasteiger partial charge in [-0.2, -0.15) is 0 Å². The van der Waals surface area contributed by atoms with E-state index in [0.29, 0.717) is 0 Å². The smallest absolute Gasteiger partial charge is 0.0474 e. The lowest BCUT2D eigenvalue weighted by molar-refractivity contribution is 0.818. The van der Waals surface area contributed by atoms with Crippen LogP contribution in [0.25, 0.3) is 0 Å². The van der Waals surface area contributed by atoms with Gasteiger partial charge in [-0.1, -0.05) is 17.7 Å². The third-order valence-corrected chi connectivity index (χ3v) is 2.72. The molecule has 1 aromatic rings. The summed E-state index contributed by atoms with van der Waals surface area (Å²) in [6.07, 6.45) is 0. The molecule has 0 aliphatic rings. The van der Waals surface area contributed by atoms with Crippen molar-refractivity contribution in [3.8, 4) is 0 Å². The number of nitrogens with zero attached hydrogens (tertiary/aromatic N) is 1. The van der Waals surface area contributed by atoms with Crippen molar-refractivity contribution in [2.75, 3.05) is 18.5 Å². The molecule has 2 N–H and O–H groups in total. The molecule has 0 bridgehead atoms. The zero-order valence-corrected chi connectivity index (χ0v) is 9.67. The molecular formula is C11H17ClN2. The fourth-order valence-corrected chi connectivity index (χ4v) is 1.65. The summed E-state index contributed by atoms with van der Waals surface area (Å²) in [5.41, 5.74) is 7.90. The molecule has 0 radical (unpaired) electrons. The minimum absolute atomic E-state index is 0.0107. The highest BCUT2D eigenvalue weighted by atomic mass is 35.5. The first-order valence-electron chi connectivity index (χ1n) is 4.82. The van der Waals surface area contributed by atoms with Crippen LogP contribution in [0, 0.1) is 0 Å². The van der Waals surface area contributed by atoms with E-state index in [0.717, 1.165) is 22.8 Å². The van der Waals surface area contributed by atoms with Gasteiger partial charge >= 0.3 is 0 Å². The Hall–Kier alpha value is -0.730. The van der Waals surface area contributed by atoms with Crippen molar-refractivity contribution < 1.29 is 0 Å². The van der Waals surface area contributed by atoms with Crippen LogP contribution < -0.4 is 10.6 Å². The highest BCUT2D eigenvalue weighted by molar-refractivity contribution is 6.31. The molecule has 0 spiro atoms. The lowest BCUT2D eigenvalue weighted by Gasteiger charge is -2.18. The van der Waals surface area contributed by atoms with E-state index in [1.807, 2.05) is 32.2 Å². The highest BCUT2D eigenvalue weighted by Crippen LogP contribution is 2.26. The predicted molar refractivity (Wildman–Crippen MR) is 63.0 cm³/mol. The fourth-order valence-electron chi connectivity index (χ4n) is 1.31. The van der Waals surface area contributed by atoms with Crippen LogP contribution in [0.4, 0.5) is 5.69 Å². The van der Waals surface area contributed by atoms with Crippen molar-refractivity contribution in [3.05, 3.63) is 28.8 Å². The molecule has 0 amide bonds. The van der Waals surface area contributed by atoms with Gasteiger partial charge in [0.25, 0.3) is 0 Å². The van der Waals surface area contributed by atoms with E-state index < -0.39 is 0 Å². The Morgan fingerprint density at radius 2 is 2.14 bits per heavy atom. The van der Waals surface area contributed by atoms with Gasteiger partial charge in [-0.05, 0) is 31.5 Å². The van der Waals surface area contributed by atoms with Crippen LogP contribution in [0.3, 0.4) is 0 Å². The van der Waals surface area contributed by atoms with Crippen LogP contribution in [0.5, 0.6) is 0 Å². The number of halogens is 1. The Kier molecular flexibility index (Phi) is 3.78. The van der Waals surface area contributed by atoms with Gasteiger partial charge in [-0.3, -0.25) is 0 Å². The third-order valence-electron chi connectivity index (χ3n) is 2.39. The molecule has 3 heteroatoms. The average Bonchev–Trinajstić information content (AvgIpc) is 2.15. The van der Waals surface area contributed by atoms with Gasteiger partial charge in [0.15, 0.2) is 0 Å². The molecule has 14 heavy (non-hydrogen) atoms. The van der Waals surface area contributed by atoms with Gasteiger partial charge in [0.2, 0.25) is 0 Å². The van der Waals surface area contributed by atoms with Crippen molar-refractivity contribution in [1.29, 1.82) is 0 Å². The SMILES string of the molecule is CCN(C)c1ccc(C(C)N)c(Cl)c1.